The van der Waals surface area contributed by atoms with Gasteiger partial charge in [0.05, 0.1) is 18.1 Å². The first-order valence-corrected chi connectivity index (χ1v) is 7.80. The molecular formula is C15H13ClN4OS. The van der Waals surface area contributed by atoms with Crippen LogP contribution in [0.1, 0.15) is 5.56 Å². The van der Waals surface area contributed by atoms with Gasteiger partial charge in [0.1, 0.15) is 0 Å². The van der Waals surface area contributed by atoms with E-state index in [1.165, 1.54) is 0 Å². The van der Waals surface area contributed by atoms with Crippen LogP contribution >= 0.6 is 23.5 Å². The van der Waals surface area contributed by atoms with Gasteiger partial charge in [-0.2, -0.15) is 5.10 Å². The van der Waals surface area contributed by atoms with Crippen LogP contribution in [0.4, 0.5) is 5.69 Å². The van der Waals surface area contributed by atoms with Crippen molar-refractivity contribution in [1.82, 2.24) is 10.2 Å². The summed E-state index contributed by atoms with van der Waals surface area (Å²) < 4.78 is 0. The Kier molecular flexibility index (Phi) is 4.33. The van der Waals surface area contributed by atoms with Gasteiger partial charge in [0.15, 0.2) is 0 Å². The fraction of sp³-hybridized carbons (Fsp3) is 0.0667. The molecule has 0 aliphatic rings. The summed E-state index contributed by atoms with van der Waals surface area (Å²) in [6.45, 7) is 0. The van der Waals surface area contributed by atoms with Crippen molar-refractivity contribution in [2.24, 2.45) is 5.14 Å². The summed E-state index contributed by atoms with van der Waals surface area (Å²) >= 11 is 7.19. The summed E-state index contributed by atoms with van der Waals surface area (Å²) in [5.74, 6) is -0.139. The minimum absolute atomic E-state index is 0.139. The molecule has 112 valence electrons. The first-order chi connectivity index (χ1) is 10.7. The van der Waals surface area contributed by atoms with E-state index >= 15 is 0 Å². The number of rotatable bonds is 4. The Bertz CT molecular complexity index is 833. The molecule has 2 aromatic carbocycles. The van der Waals surface area contributed by atoms with Crippen molar-refractivity contribution in [3.8, 4) is 0 Å². The summed E-state index contributed by atoms with van der Waals surface area (Å²) in [5, 5.41) is 16.9. The molecule has 0 fully saturated rings. The lowest BCUT2D eigenvalue weighted by Crippen LogP contribution is -2.14. The molecule has 0 saturated heterocycles. The molecule has 0 spiro atoms. The average Bonchev–Trinajstić information content (AvgIpc) is 2.97. The maximum absolute atomic E-state index is 12.2. The molecule has 0 unspecified atom stereocenters. The van der Waals surface area contributed by atoms with E-state index in [1.54, 1.807) is 12.3 Å². The van der Waals surface area contributed by atoms with Gasteiger partial charge in [-0.25, -0.2) is 0 Å². The first kappa shape index (κ1) is 14.9. The maximum atomic E-state index is 12.2. The van der Waals surface area contributed by atoms with E-state index in [-0.39, 0.29) is 12.3 Å². The van der Waals surface area contributed by atoms with Gasteiger partial charge in [-0.05, 0) is 35.7 Å². The Balaban J connectivity index is 1.80. The molecule has 4 N–H and O–H groups in total. The lowest BCUT2D eigenvalue weighted by atomic mass is 10.1. The number of H-pyrrole nitrogens is 1. The fourth-order valence-corrected chi connectivity index (χ4v) is 2.90. The van der Waals surface area contributed by atoms with Crippen molar-refractivity contribution < 1.29 is 4.79 Å². The molecule has 1 aromatic heterocycles. The van der Waals surface area contributed by atoms with Crippen LogP contribution in [0.3, 0.4) is 0 Å². The number of nitrogens with zero attached hydrogens (tertiary/aromatic N) is 1. The van der Waals surface area contributed by atoms with Crippen molar-refractivity contribution in [2.45, 2.75) is 11.3 Å². The van der Waals surface area contributed by atoms with Gasteiger partial charge in [0.25, 0.3) is 0 Å². The number of hydrogen-bond donors (Lipinski definition) is 3. The predicted molar refractivity (Wildman–Crippen MR) is 89.9 cm³/mol. The number of aromatic amines is 1. The minimum atomic E-state index is -0.139. The molecule has 3 rings (SSSR count). The second kappa shape index (κ2) is 6.39. The lowest BCUT2D eigenvalue weighted by Gasteiger charge is -2.08. The number of hydrogen-bond acceptors (Lipinski definition) is 4. The van der Waals surface area contributed by atoms with Gasteiger partial charge in [-0.3, -0.25) is 15.0 Å². The zero-order chi connectivity index (χ0) is 15.5. The van der Waals surface area contributed by atoms with Crippen LogP contribution in [-0.4, -0.2) is 16.1 Å². The number of amides is 1. The summed E-state index contributed by atoms with van der Waals surface area (Å²) in [6.07, 6.45) is 1.92. The molecule has 22 heavy (non-hydrogen) atoms. The molecule has 0 bridgehead atoms. The van der Waals surface area contributed by atoms with Crippen molar-refractivity contribution in [3.63, 3.8) is 0 Å². The molecule has 0 radical (unpaired) electrons. The van der Waals surface area contributed by atoms with Crippen LogP contribution < -0.4 is 10.5 Å². The number of aromatic nitrogens is 2. The number of carbonyl (C=O) groups excluding carboxylic acids is 1. The smallest absolute Gasteiger partial charge is 0.228 e. The zero-order valence-electron chi connectivity index (χ0n) is 11.5. The van der Waals surface area contributed by atoms with E-state index in [0.717, 1.165) is 33.3 Å². The summed E-state index contributed by atoms with van der Waals surface area (Å²) in [4.78, 5) is 13.0. The van der Waals surface area contributed by atoms with Crippen LogP contribution in [0.15, 0.2) is 47.5 Å². The van der Waals surface area contributed by atoms with Crippen LogP contribution in [0, 0.1) is 0 Å². The topological polar surface area (TPSA) is 83.8 Å². The number of anilines is 1. The highest BCUT2D eigenvalue weighted by Gasteiger charge is 2.10. The molecule has 0 aliphatic carbocycles. The van der Waals surface area contributed by atoms with Gasteiger partial charge in [-0.1, -0.05) is 29.8 Å². The predicted octanol–water partition coefficient (Wildman–Crippen LogP) is 3.36. The van der Waals surface area contributed by atoms with Gasteiger partial charge < -0.3 is 5.32 Å². The molecule has 5 nitrogen and oxygen atoms in total. The third-order valence-corrected chi connectivity index (χ3v) is 4.20. The Morgan fingerprint density at radius 2 is 2.18 bits per heavy atom. The second-order valence-corrected chi connectivity index (χ2v) is 5.82. The molecule has 0 atom stereocenters. The molecule has 1 heterocycles. The van der Waals surface area contributed by atoms with Crippen molar-refractivity contribution in [1.29, 1.82) is 0 Å². The summed E-state index contributed by atoms with van der Waals surface area (Å²) in [5.41, 5.74) is 2.28. The van der Waals surface area contributed by atoms with Crippen molar-refractivity contribution in [3.05, 3.63) is 53.2 Å². The van der Waals surface area contributed by atoms with Gasteiger partial charge >= 0.3 is 0 Å². The zero-order valence-corrected chi connectivity index (χ0v) is 13.0. The van der Waals surface area contributed by atoms with Crippen LogP contribution in [0.25, 0.3) is 10.9 Å². The third-order valence-electron chi connectivity index (χ3n) is 3.24. The monoisotopic (exact) mass is 332 g/mol. The van der Waals surface area contributed by atoms with Gasteiger partial charge in [0, 0.05) is 21.0 Å². The van der Waals surface area contributed by atoms with E-state index in [1.807, 2.05) is 30.3 Å². The Hall–Kier alpha value is -2.02. The molecule has 1 amide bonds. The average molecular weight is 333 g/mol. The van der Waals surface area contributed by atoms with Crippen LogP contribution in [-0.2, 0) is 11.2 Å². The summed E-state index contributed by atoms with van der Waals surface area (Å²) in [6, 6.07) is 10.9. The van der Waals surface area contributed by atoms with Crippen LogP contribution in [0.2, 0.25) is 5.02 Å². The van der Waals surface area contributed by atoms with E-state index in [2.05, 4.69) is 15.5 Å². The van der Waals surface area contributed by atoms with Gasteiger partial charge in [-0.15, -0.1) is 0 Å². The van der Waals surface area contributed by atoms with Crippen LogP contribution in [0.5, 0.6) is 0 Å². The number of fused-ring (bicyclic) bond motifs is 1. The Morgan fingerprint density at radius 3 is 2.95 bits per heavy atom. The van der Waals surface area contributed by atoms with Crippen molar-refractivity contribution >= 4 is 46.0 Å². The third kappa shape index (κ3) is 3.09. The van der Waals surface area contributed by atoms with E-state index in [9.17, 15) is 4.79 Å². The number of benzene rings is 2. The Morgan fingerprint density at radius 1 is 1.36 bits per heavy atom. The number of nitrogens with two attached hydrogens (primary N) is 1. The highest BCUT2D eigenvalue weighted by atomic mass is 35.5. The standard InChI is InChI=1S/C15H13ClN4OS/c16-12-4-2-1-3-9(12)5-15(21)19-10-6-13-11(8-18-20-13)14(7-10)22-17/h1-4,6-8H,5,17H2,(H,18,20)(H,19,21). The minimum Gasteiger partial charge on any atom is -0.326 e. The van der Waals surface area contributed by atoms with E-state index in [4.69, 9.17) is 16.7 Å². The maximum Gasteiger partial charge on any atom is 0.228 e. The molecule has 0 aliphatic heterocycles. The fourth-order valence-electron chi connectivity index (χ4n) is 2.21. The highest BCUT2D eigenvalue weighted by molar-refractivity contribution is 7.97. The Labute approximate surface area is 136 Å². The molecule has 3 aromatic rings. The first-order valence-electron chi connectivity index (χ1n) is 6.54. The SMILES string of the molecule is NSc1cc(NC(=O)Cc2ccccc2Cl)cc2[nH]ncc12. The van der Waals surface area contributed by atoms with Crippen molar-refractivity contribution in [2.75, 3.05) is 5.32 Å². The number of halogens is 1. The van der Waals surface area contributed by atoms with Gasteiger partial charge in [0.2, 0.25) is 5.91 Å². The normalized spacial score (nSPS) is 10.8. The molecule has 7 heteroatoms. The largest absolute Gasteiger partial charge is 0.326 e. The van der Waals surface area contributed by atoms with E-state index in [0.29, 0.717) is 10.7 Å². The second-order valence-electron chi connectivity index (χ2n) is 4.74. The quantitative estimate of drug-likeness (QED) is 0.640. The highest BCUT2D eigenvalue weighted by Crippen LogP contribution is 2.28. The molecular weight excluding hydrogens is 320 g/mol. The lowest BCUT2D eigenvalue weighted by molar-refractivity contribution is -0.115. The summed E-state index contributed by atoms with van der Waals surface area (Å²) in [7, 11) is 0. The number of carbonyl (C=O) groups is 1. The molecule has 0 saturated carbocycles. The van der Waals surface area contributed by atoms with E-state index < -0.39 is 0 Å². The number of nitrogens with one attached hydrogen (secondary N) is 2.